The Bertz CT molecular complexity index is 245. The second kappa shape index (κ2) is 4.27. The molecule has 0 atom stereocenters. The Morgan fingerprint density at radius 1 is 1.25 bits per heavy atom. The highest BCUT2D eigenvalue weighted by molar-refractivity contribution is 5.43. The van der Waals surface area contributed by atoms with Crippen LogP contribution in [0.4, 0.5) is 5.69 Å². The van der Waals surface area contributed by atoms with Gasteiger partial charge in [0.15, 0.2) is 0 Å². The number of hydrogen-bond acceptors (Lipinski definition) is 4. The molecule has 0 saturated heterocycles. The Balaban J connectivity index is 2.80. The molecule has 1 aromatic rings. The standard InChI is InChI=1S/C6H10N6/c7-9-11-12(10-8)6-4-2-1-3-5-6/h1-5,10H,8H2,(H2,7,11). The molecular weight excluding hydrogens is 156 g/mol. The summed E-state index contributed by atoms with van der Waals surface area (Å²) >= 11 is 0. The molecular formula is C6H10N6. The number of hydrogen-bond donors (Lipinski definition) is 3. The van der Waals surface area contributed by atoms with Crippen molar-refractivity contribution in [3.05, 3.63) is 30.3 Å². The van der Waals surface area contributed by atoms with E-state index in [1.165, 1.54) is 5.12 Å². The maximum Gasteiger partial charge on any atom is 0.0811 e. The quantitative estimate of drug-likeness (QED) is 0.337. The van der Waals surface area contributed by atoms with Gasteiger partial charge >= 0.3 is 0 Å². The van der Waals surface area contributed by atoms with Crippen molar-refractivity contribution in [3.8, 4) is 0 Å². The number of anilines is 1. The van der Waals surface area contributed by atoms with Crippen LogP contribution in [-0.2, 0) is 0 Å². The average Bonchev–Trinajstić information content (AvgIpc) is 2.15. The van der Waals surface area contributed by atoms with Crippen LogP contribution in [0.5, 0.6) is 0 Å². The molecule has 0 saturated carbocycles. The molecule has 12 heavy (non-hydrogen) atoms. The molecule has 6 nitrogen and oxygen atoms in total. The summed E-state index contributed by atoms with van der Waals surface area (Å²) in [6, 6.07) is 9.22. The summed E-state index contributed by atoms with van der Waals surface area (Å²) < 4.78 is 0. The normalized spacial score (nSPS) is 10.4. The van der Waals surface area contributed by atoms with Crippen LogP contribution in [0.15, 0.2) is 40.8 Å². The molecule has 0 aromatic heterocycles. The monoisotopic (exact) mass is 166 g/mol. The Kier molecular flexibility index (Phi) is 3.00. The molecule has 0 fully saturated rings. The number of hydrazine groups is 2. The molecule has 0 aliphatic carbocycles. The molecule has 0 bridgehead atoms. The number of nitrogens with one attached hydrogen (secondary N) is 1. The molecule has 1 rings (SSSR count). The van der Waals surface area contributed by atoms with E-state index >= 15 is 0 Å². The first-order valence-corrected chi connectivity index (χ1v) is 3.30. The van der Waals surface area contributed by atoms with Gasteiger partial charge in [-0.25, -0.2) is 0 Å². The lowest BCUT2D eigenvalue weighted by Gasteiger charge is -2.13. The first kappa shape index (κ1) is 8.44. The van der Waals surface area contributed by atoms with E-state index in [-0.39, 0.29) is 0 Å². The van der Waals surface area contributed by atoms with Crippen LogP contribution in [0.1, 0.15) is 0 Å². The van der Waals surface area contributed by atoms with Crippen molar-refractivity contribution in [2.75, 3.05) is 5.12 Å². The Labute approximate surface area is 69.7 Å². The number of nitrogens with zero attached hydrogens (tertiary/aromatic N) is 3. The minimum atomic E-state index is 0.759. The summed E-state index contributed by atoms with van der Waals surface area (Å²) in [5.74, 6) is 10.0. The lowest BCUT2D eigenvalue weighted by atomic mass is 10.3. The molecule has 64 valence electrons. The molecule has 5 N–H and O–H groups in total. The molecule has 1 aromatic carbocycles. The summed E-state index contributed by atoms with van der Waals surface area (Å²) in [6.07, 6.45) is 0. The molecule has 0 aliphatic rings. The Hall–Kier alpha value is -1.66. The van der Waals surface area contributed by atoms with E-state index in [0.717, 1.165) is 5.69 Å². The van der Waals surface area contributed by atoms with Crippen LogP contribution in [0.25, 0.3) is 0 Å². The molecule has 0 heterocycles. The predicted molar refractivity (Wildman–Crippen MR) is 45.3 cm³/mol. The minimum Gasteiger partial charge on any atom is -0.303 e. The van der Waals surface area contributed by atoms with Gasteiger partial charge in [-0.05, 0) is 17.4 Å². The molecule has 0 unspecified atom stereocenters. The fourth-order valence-corrected chi connectivity index (χ4v) is 0.773. The van der Waals surface area contributed by atoms with Crippen LogP contribution in [0.3, 0.4) is 0 Å². The first-order chi connectivity index (χ1) is 5.88. The Morgan fingerprint density at radius 2 is 1.92 bits per heavy atom. The third kappa shape index (κ3) is 1.91. The largest absolute Gasteiger partial charge is 0.303 e. The number of para-hydroxylation sites is 1. The van der Waals surface area contributed by atoms with Crippen molar-refractivity contribution in [2.24, 2.45) is 22.1 Å². The van der Waals surface area contributed by atoms with Crippen LogP contribution in [0, 0.1) is 0 Å². The second-order valence-electron chi connectivity index (χ2n) is 1.98. The topological polar surface area (TPSA) is 92.0 Å². The van der Waals surface area contributed by atoms with Crippen LogP contribution >= 0.6 is 0 Å². The van der Waals surface area contributed by atoms with Gasteiger partial charge in [-0.1, -0.05) is 23.4 Å². The van der Waals surface area contributed by atoms with Gasteiger partial charge in [0, 0.05) is 0 Å². The lowest BCUT2D eigenvalue weighted by molar-refractivity contribution is 0.642. The van der Waals surface area contributed by atoms with Gasteiger partial charge in [0.05, 0.1) is 5.69 Å². The van der Waals surface area contributed by atoms with Crippen LogP contribution < -0.4 is 22.3 Å². The van der Waals surface area contributed by atoms with E-state index in [4.69, 9.17) is 11.7 Å². The SMILES string of the molecule is NN=NN(NN)c1ccccc1. The summed E-state index contributed by atoms with van der Waals surface area (Å²) in [7, 11) is 0. The first-order valence-electron chi connectivity index (χ1n) is 3.30. The third-order valence-electron chi connectivity index (χ3n) is 1.26. The van der Waals surface area contributed by atoms with E-state index in [1.54, 1.807) is 0 Å². The molecule has 0 aliphatic heterocycles. The second-order valence-corrected chi connectivity index (χ2v) is 1.98. The molecule has 6 heteroatoms. The molecule has 0 radical (unpaired) electrons. The Morgan fingerprint density at radius 3 is 2.42 bits per heavy atom. The van der Waals surface area contributed by atoms with Gasteiger partial charge < -0.3 is 5.84 Å². The van der Waals surface area contributed by atoms with Gasteiger partial charge in [0.2, 0.25) is 0 Å². The van der Waals surface area contributed by atoms with E-state index in [1.807, 2.05) is 30.3 Å². The van der Waals surface area contributed by atoms with Gasteiger partial charge in [0.1, 0.15) is 0 Å². The zero-order valence-corrected chi connectivity index (χ0v) is 6.38. The number of nitrogens with two attached hydrogens (primary N) is 2. The third-order valence-corrected chi connectivity index (χ3v) is 1.26. The fraction of sp³-hybridized carbons (Fsp3) is 0. The van der Waals surface area contributed by atoms with E-state index in [2.05, 4.69) is 16.0 Å². The highest BCUT2D eigenvalue weighted by atomic mass is 15.8. The van der Waals surface area contributed by atoms with Gasteiger partial charge in [-0.15, -0.1) is 5.53 Å². The summed E-state index contributed by atoms with van der Waals surface area (Å²) in [5, 5.41) is 7.85. The van der Waals surface area contributed by atoms with Crippen molar-refractivity contribution < 1.29 is 0 Å². The molecule has 0 spiro atoms. The van der Waals surface area contributed by atoms with Gasteiger partial charge in [-0.3, -0.25) is 5.84 Å². The summed E-state index contributed by atoms with van der Waals surface area (Å²) in [5.41, 5.74) is 3.07. The number of benzene rings is 1. The highest BCUT2D eigenvalue weighted by Crippen LogP contribution is 2.09. The van der Waals surface area contributed by atoms with Crippen LogP contribution in [0.2, 0.25) is 0 Å². The molecule has 0 amide bonds. The maximum atomic E-state index is 5.16. The summed E-state index contributed by atoms with van der Waals surface area (Å²) in [4.78, 5) is 0. The minimum absolute atomic E-state index is 0.759. The predicted octanol–water partition coefficient (Wildman–Crippen LogP) is 0.112. The van der Waals surface area contributed by atoms with Crippen molar-refractivity contribution in [3.63, 3.8) is 0 Å². The zero-order valence-electron chi connectivity index (χ0n) is 6.38. The summed E-state index contributed by atoms with van der Waals surface area (Å²) in [6.45, 7) is 0. The maximum absolute atomic E-state index is 5.16. The van der Waals surface area contributed by atoms with E-state index < -0.39 is 0 Å². The van der Waals surface area contributed by atoms with E-state index in [0.29, 0.717) is 0 Å². The highest BCUT2D eigenvalue weighted by Gasteiger charge is 1.99. The van der Waals surface area contributed by atoms with Crippen molar-refractivity contribution >= 4 is 5.69 Å². The van der Waals surface area contributed by atoms with Gasteiger partial charge in [0.25, 0.3) is 0 Å². The number of rotatable bonds is 3. The van der Waals surface area contributed by atoms with Crippen LogP contribution in [-0.4, -0.2) is 0 Å². The van der Waals surface area contributed by atoms with Crippen molar-refractivity contribution in [1.82, 2.24) is 5.53 Å². The lowest BCUT2D eigenvalue weighted by Crippen LogP contribution is -2.38. The smallest absolute Gasteiger partial charge is 0.0811 e. The fourth-order valence-electron chi connectivity index (χ4n) is 0.773. The zero-order chi connectivity index (χ0) is 8.81. The van der Waals surface area contributed by atoms with Crippen molar-refractivity contribution in [1.29, 1.82) is 0 Å². The average molecular weight is 166 g/mol. The van der Waals surface area contributed by atoms with E-state index in [9.17, 15) is 0 Å². The van der Waals surface area contributed by atoms with Crippen molar-refractivity contribution in [2.45, 2.75) is 0 Å². The van der Waals surface area contributed by atoms with Gasteiger partial charge in [-0.2, -0.15) is 5.12 Å².